The maximum Gasteiger partial charge on any atom is 0.408 e. The summed E-state index contributed by atoms with van der Waals surface area (Å²) in [5.74, 6) is -0.864. The third kappa shape index (κ3) is 8.73. The van der Waals surface area contributed by atoms with Crippen LogP contribution in [-0.2, 0) is 20.7 Å². The number of ether oxygens (including phenoxy) is 1. The Morgan fingerprint density at radius 2 is 1.44 bits per heavy atom. The lowest BCUT2D eigenvalue weighted by molar-refractivity contribution is -0.142. The molecule has 3 amide bonds. The van der Waals surface area contributed by atoms with E-state index in [-0.39, 0.29) is 17.9 Å². The van der Waals surface area contributed by atoms with Crippen LogP contribution in [0, 0.1) is 6.92 Å². The second kappa shape index (κ2) is 13.2. The van der Waals surface area contributed by atoms with Crippen molar-refractivity contribution >= 4 is 23.6 Å². The smallest absolute Gasteiger partial charge is 0.408 e. The zero-order chi connectivity index (χ0) is 30.3. The molecule has 0 heterocycles. The van der Waals surface area contributed by atoms with E-state index in [0.29, 0.717) is 16.8 Å². The summed E-state index contributed by atoms with van der Waals surface area (Å²) < 4.78 is 5.45. The zero-order valence-corrected chi connectivity index (χ0v) is 24.3. The molecule has 2 atom stereocenters. The molecule has 3 aromatic carbocycles. The van der Waals surface area contributed by atoms with Crippen LogP contribution in [0.3, 0.4) is 0 Å². The molecular formula is C32H39N3O6. The molecule has 0 bridgehead atoms. The van der Waals surface area contributed by atoms with Gasteiger partial charge in [-0.1, -0.05) is 42.5 Å². The monoisotopic (exact) mass is 561 g/mol. The van der Waals surface area contributed by atoms with Crippen molar-refractivity contribution in [3.8, 4) is 11.5 Å². The lowest BCUT2D eigenvalue weighted by atomic mass is 9.98. The number of nitrogens with one attached hydrogen (secondary N) is 2. The van der Waals surface area contributed by atoms with E-state index in [1.807, 2.05) is 25.1 Å². The fourth-order valence-electron chi connectivity index (χ4n) is 4.39. The summed E-state index contributed by atoms with van der Waals surface area (Å²) in [5.41, 5.74) is 1.83. The lowest BCUT2D eigenvalue weighted by Crippen LogP contribution is -2.55. The van der Waals surface area contributed by atoms with Crippen molar-refractivity contribution in [1.29, 1.82) is 0 Å². The Morgan fingerprint density at radius 1 is 0.878 bits per heavy atom. The molecule has 41 heavy (non-hydrogen) atoms. The molecule has 0 fully saturated rings. The maximum atomic E-state index is 14.3. The number of para-hydroxylation sites is 1. The number of benzene rings is 3. The highest BCUT2D eigenvalue weighted by atomic mass is 16.6. The van der Waals surface area contributed by atoms with Gasteiger partial charge >= 0.3 is 6.09 Å². The molecule has 0 aliphatic carbocycles. The van der Waals surface area contributed by atoms with E-state index in [2.05, 4.69) is 10.6 Å². The van der Waals surface area contributed by atoms with Gasteiger partial charge in [0.1, 0.15) is 29.2 Å². The van der Waals surface area contributed by atoms with E-state index in [1.54, 1.807) is 65.0 Å². The van der Waals surface area contributed by atoms with E-state index in [4.69, 9.17) is 4.74 Å². The minimum Gasteiger partial charge on any atom is -0.508 e. The number of carbonyl (C=O) groups excluding carboxylic acids is 3. The van der Waals surface area contributed by atoms with Crippen LogP contribution in [0.25, 0.3) is 0 Å². The number of rotatable bonds is 9. The van der Waals surface area contributed by atoms with Crippen LogP contribution in [0.1, 0.15) is 57.4 Å². The number of phenols is 2. The standard InChI is InChI=1S/C32H39N3O6/c1-20(2)35(28(23-13-17-25(37)18-14-23)29(38)33-26-10-8-7-9-21(26)3)30(39)27(34-31(40)41-32(4,5)6)19-22-11-15-24(36)16-12-22/h7-18,20,27-28,36-37H,19H2,1-6H3,(H,33,38)(H,34,40). The molecule has 0 spiro atoms. The molecule has 2 unspecified atom stereocenters. The predicted octanol–water partition coefficient (Wildman–Crippen LogP) is 5.46. The number of phenolic OH excluding ortho intramolecular Hbond substituents is 2. The molecule has 0 radical (unpaired) electrons. The van der Waals surface area contributed by atoms with Crippen molar-refractivity contribution in [3.63, 3.8) is 0 Å². The third-order valence-corrected chi connectivity index (χ3v) is 6.31. The Balaban J connectivity index is 2.05. The summed E-state index contributed by atoms with van der Waals surface area (Å²) in [6, 6.07) is 17.1. The quantitative estimate of drug-likeness (QED) is 0.275. The van der Waals surface area contributed by atoms with Gasteiger partial charge in [0.2, 0.25) is 5.91 Å². The Morgan fingerprint density at radius 3 is 1.98 bits per heavy atom. The van der Waals surface area contributed by atoms with Crippen molar-refractivity contribution in [2.75, 3.05) is 5.32 Å². The minimum absolute atomic E-state index is 0.0195. The van der Waals surface area contributed by atoms with Crippen molar-refractivity contribution in [2.45, 2.75) is 71.7 Å². The Hall–Kier alpha value is -4.53. The normalized spacial score (nSPS) is 12.8. The first-order valence-electron chi connectivity index (χ1n) is 13.5. The summed E-state index contributed by atoms with van der Waals surface area (Å²) in [5, 5.41) is 25.3. The highest BCUT2D eigenvalue weighted by Gasteiger charge is 2.38. The average Bonchev–Trinajstić information content (AvgIpc) is 2.88. The van der Waals surface area contributed by atoms with Crippen molar-refractivity contribution in [2.24, 2.45) is 0 Å². The summed E-state index contributed by atoms with van der Waals surface area (Å²) in [6.45, 7) is 10.6. The van der Waals surface area contributed by atoms with Crippen LogP contribution in [-0.4, -0.2) is 50.7 Å². The molecule has 0 aliphatic heterocycles. The first-order valence-corrected chi connectivity index (χ1v) is 13.5. The van der Waals surface area contributed by atoms with Crippen LogP contribution >= 0.6 is 0 Å². The molecule has 0 aromatic heterocycles. The number of anilines is 1. The van der Waals surface area contributed by atoms with Crippen LogP contribution in [0.2, 0.25) is 0 Å². The van der Waals surface area contributed by atoms with Gasteiger partial charge in [-0.3, -0.25) is 9.59 Å². The van der Waals surface area contributed by atoms with Gasteiger partial charge in [-0.2, -0.15) is 0 Å². The predicted molar refractivity (Wildman–Crippen MR) is 158 cm³/mol. The van der Waals surface area contributed by atoms with Crippen molar-refractivity contribution in [1.82, 2.24) is 10.2 Å². The molecular weight excluding hydrogens is 522 g/mol. The summed E-state index contributed by atoms with van der Waals surface area (Å²) in [4.78, 5) is 42.5. The van der Waals surface area contributed by atoms with Gasteiger partial charge in [0.25, 0.3) is 5.91 Å². The van der Waals surface area contributed by atoms with Crippen molar-refractivity contribution < 1.29 is 29.3 Å². The van der Waals surface area contributed by atoms with Gasteiger partial charge in [-0.05, 0) is 88.6 Å². The number of amides is 3. The van der Waals surface area contributed by atoms with Crippen LogP contribution in [0.15, 0.2) is 72.8 Å². The van der Waals surface area contributed by atoms with Crippen LogP contribution < -0.4 is 10.6 Å². The molecule has 0 saturated heterocycles. The van der Waals surface area contributed by atoms with Gasteiger partial charge < -0.3 is 30.5 Å². The number of alkyl carbamates (subject to hydrolysis) is 1. The van der Waals surface area contributed by atoms with E-state index in [0.717, 1.165) is 5.56 Å². The topological polar surface area (TPSA) is 128 Å². The Bertz CT molecular complexity index is 1350. The number of hydrogen-bond acceptors (Lipinski definition) is 6. The van der Waals surface area contributed by atoms with E-state index < -0.39 is 41.6 Å². The van der Waals surface area contributed by atoms with Gasteiger partial charge in [0, 0.05) is 18.2 Å². The van der Waals surface area contributed by atoms with Gasteiger partial charge in [-0.25, -0.2) is 4.79 Å². The van der Waals surface area contributed by atoms with Crippen molar-refractivity contribution in [3.05, 3.63) is 89.5 Å². The number of aromatic hydroxyl groups is 2. The first kappa shape index (κ1) is 31.0. The second-order valence-electron chi connectivity index (χ2n) is 11.2. The highest BCUT2D eigenvalue weighted by molar-refractivity contribution is 5.99. The first-order chi connectivity index (χ1) is 19.2. The molecule has 3 aromatic rings. The van der Waals surface area contributed by atoms with Crippen LogP contribution in [0.5, 0.6) is 11.5 Å². The maximum absolute atomic E-state index is 14.3. The summed E-state index contributed by atoms with van der Waals surface area (Å²) in [7, 11) is 0. The second-order valence-corrected chi connectivity index (χ2v) is 11.2. The summed E-state index contributed by atoms with van der Waals surface area (Å²) in [6.07, 6.45) is -0.688. The highest BCUT2D eigenvalue weighted by Crippen LogP contribution is 2.29. The SMILES string of the molecule is Cc1ccccc1NC(=O)C(c1ccc(O)cc1)N(C(=O)C(Cc1ccc(O)cc1)NC(=O)OC(C)(C)C)C(C)C. The van der Waals surface area contributed by atoms with Gasteiger partial charge in [-0.15, -0.1) is 0 Å². The zero-order valence-electron chi connectivity index (χ0n) is 24.3. The number of aryl methyl sites for hydroxylation is 1. The number of nitrogens with zero attached hydrogens (tertiary/aromatic N) is 1. The molecule has 218 valence electrons. The molecule has 3 rings (SSSR count). The largest absolute Gasteiger partial charge is 0.508 e. The molecule has 9 nitrogen and oxygen atoms in total. The molecule has 0 saturated carbocycles. The van der Waals surface area contributed by atoms with E-state index in [1.165, 1.54) is 29.2 Å². The molecule has 0 aliphatic rings. The van der Waals surface area contributed by atoms with Crippen LogP contribution in [0.4, 0.5) is 10.5 Å². The fraction of sp³-hybridized carbons (Fsp3) is 0.344. The third-order valence-electron chi connectivity index (χ3n) is 6.31. The Labute approximate surface area is 241 Å². The Kier molecular flexibility index (Phi) is 9.99. The molecule has 4 N–H and O–H groups in total. The average molecular weight is 562 g/mol. The summed E-state index contributed by atoms with van der Waals surface area (Å²) >= 11 is 0. The number of carbonyl (C=O) groups is 3. The van der Waals surface area contributed by atoms with E-state index in [9.17, 15) is 24.6 Å². The minimum atomic E-state index is -1.09. The number of hydrogen-bond donors (Lipinski definition) is 4. The van der Waals surface area contributed by atoms with Gasteiger partial charge in [0.15, 0.2) is 0 Å². The lowest BCUT2D eigenvalue weighted by Gasteiger charge is -2.37. The molecule has 9 heteroatoms. The van der Waals surface area contributed by atoms with Gasteiger partial charge in [0.05, 0.1) is 0 Å². The fourth-order valence-corrected chi connectivity index (χ4v) is 4.39. The van der Waals surface area contributed by atoms with E-state index >= 15 is 0 Å².